The molecule has 1 aliphatic rings. The van der Waals surface area contributed by atoms with E-state index in [0.717, 1.165) is 0 Å². The van der Waals surface area contributed by atoms with Crippen molar-refractivity contribution in [1.29, 1.82) is 5.26 Å². The van der Waals surface area contributed by atoms with Gasteiger partial charge in [-0.05, 0) is 6.92 Å². The number of ether oxygens (including phenoxy) is 1. The van der Waals surface area contributed by atoms with Crippen molar-refractivity contribution < 1.29 is 23.1 Å². The van der Waals surface area contributed by atoms with Gasteiger partial charge in [0.05, 0.1) is 23.9 Å². The number of nitrogens with zero attached hydrogens (tertiary/aromatic N) is 1. The molecule has 7 heteroatoms. The maximum atomic E-state index is 12.6. The molecule has 0 aromatic heterocycles. The Morgan fingerprint density at radius 1 is 1.71 bits per heavy atom. The molecule has 17 heavy (non-hydrogen) atoms. The van der Waals surface area contributed by atoms with E-state index in [4.69, 9.17) is 5.26 Å². The Hall–Kier alpha value is -1.97. The van der Waals surface area contributed by atoms with E-state index in [9.17, 15) is 18.4 Å². The van der Waals surface area contributed by atoms with Gasteiger partial charge in [-0.3, -0.25) is 4.79 Å². The Labute approximate surface area is 96.0 Å². The predicted molar refractivity (Wildman–Crippen MR) is 51.5 cm³/mol. The number of alkyl halides is 2. The van der Waals surface area contributed by atoms with Crippen molar-refractivity contribution in [2.24, 2.45) is 5.92 Å². The quantitative estimate of drug-likeness (QED) is 0.742. The summed E-state index contributed by atoms with van der Waals surface area (Å²) in [5.41, 5.74) is -1.10. The van der Waals surface area contributed by atoms with Crippen molar-refractivity contribution in [3.8, 4) is 6.07 Å². The summed E-state index contributed by atoms with van der Waals surface area (Å²) in [4.78, 5) is 22.6. The standard InChI is InChI=1S/C10H10F2N2O3/c1-2-17-10(16)6-3-5(4-13)9(15)14-7(6)8(11)12/h5,8H,2-3H2,1H3,(H,14,15). The highest BCUT2D eigenvalue weighted by molar-refractivity contribution is 5.95. The van der Waals surface area contributed by atoms with Gasteiger partial charge in [0.25, 0.3) is 6.43 Å². The third kappa shape index (κ3) is 2.78. The van der Waals surface area contributed by atoms with E-state index in [0.29, 0.717) is 0 Å². The van der Waals surface area contributed by atoms with E-state index in [-0.39, 0.29) is 18.6 Å². The maximum absolute atomic E-state index is 12.6. The zero-order chi connectivity index (χ0) is 13.0. The van der Waals surface area contributed by atoms with Crippen LogP contribution in [0.25, 0.3) is 0 Å². The number of esters is 1. The van der Waals surface area contributed by atoms with Crippen molar-refractivity contribution >= 4 is 11.9 Å². The molecule has 0 spiro atoms. The summed E-state index contributed by atoms with van der Waals surface area (Å²) < 4.78 is 29.8. The molecule has 1 atom stereocenters. The fraction of sp³-hybridized carbons (Fsp3) is 0.500. The van der Waals surface area contributed by atoms with Crippen LogP contribution in [0.1, 0.15) is 13.3 Å². The summed E-state index contributed by atoms with van der Waals surface area (Å²) in [6.07, 6.45) is -3.33. The van der Waals surface area contributed by atoms with Crippen molar-refractivity contribution in [1.82, 2.24) is 5.32 Å². The van der Waals surface area contributed by atoms with Crippen molar-refractivity contribution in [2.75, 3.05) is 6.61 Å². The minimum absolute atomic E-state index is 0.0318. The molecule has 1 aliphatic heterocycles. The van der Waals surface area contributed by atoms with Crippen molar-refractivity contribution in [2.45, 2.75) is 19.8 Å². The number of hydrogen-bond donors (Lipinski definition) is 1. The average molecular weight is 244 g/mol. The number of hydrogen-bond acceptors (Lipinski definition) is 4. The summed E-state index contributed by atoms with van der Waals surface area (Å²) in [6.45, 7) is 1.56. The summed E-state index contributed by atoms with van der Waals surface area (Å²) in [6, 6.07) is 1.64. The largest absolute Gasteiger partial charge is 0.463 e. The van der Waals surface area contributed by atoms with Crippen molar-refractivity contribution in [3.05, 3.63) is 11.3 Å². The van der Waals surface area contributed by atoms with E-state index in [1.807, 2.05) is 5.32 Å². The van der Waals surface area contributed by atoms with Crippen LogP contribution in [0.5, 0.6) is 0 Å². The molecule has 0 aromatic carbocycles. The third-order valence-electron chi connectivity index (χ3n) is 2.20. The monoisotopic (exact) mass is 244 g/mol. The number of halogens is 2. The molecule has 1 N–H and O–H groups in total. The lowest BCUT2D eigenvalue weighted by molar-refractivity contribution is -0.139. The van der Waals surface area contributed by atoms with Gasteiger partial charge in [0.1, 0.15) is 5.92 Å². The SMILES string of the molecule is CCOC(=O)C1=C(C(F)F)NC(=O)C(C#N)C1. The molecule has 0 saturated heterocycles. The molecule has 0 aromatic rings. The molecule has 0 saturated carbocycles. The van der Waals surface area contributed by atoms with Crippen LogP contribution in [-0.4, -0.2) is 24.9 Å². The van der Waals surface area contributed by atoms with Gasteiger partial charge in [0.2, 0.25) is 5.91 Å². The second kappa shape index (κ2) is 5.39. The highest BCUT2D eigenvalue weighted by Gasteiger charge is 2.35. The first-order valence-electron chi connectivity index (χ1n) is 4.90. The molecule has 0 bridgehead atoms. The Morgan fingerprint density at radius 2 is 2.35 bits per heavy atom. The van der Waals surface area contributed by atoms with E-state index < -0.39 is 29.9 Å². The third-order valence-corrected chi connectivity index (χ3v) is 2.20. The number of nitriles is 1. The molecule has 0 radical (unpaired) electrons. The van der Waals surface area contributed by atoms with Gasteiger partial charge in [0, 0.05) is 6.42 Å². The number of carbonyl (C=O) groups is 2. The molecule has 0 fully saturated rings. The summed E-state index contributed by atoms with van der Waals surface area (Å²) in [5.74, 6) is -2.89. The lowest BCUT2D eigenvalue weighted by atomic mass is 9.94. The van der Waals surface area contributed by atoms with Crippen LogP contribution in [0.3, 0.4) is 0 Å². The smallest absolute Gasteiger partial charge is 0.336 e. The summed E-state index contributed by atoms with van der Waals surface area (Å²) in [5, 5.41) is 10.5. The van der Waals surface area contributed by atoms with Crippen LogP contribution in [-0.2, 0) is 14.3 Å². The Morgan fingerprint density at radius 3 is 2.82 bits per heavy atom. The molecule has 1 heterocycles. The lowest BCUT2D eigenvalue weighted by Crippen LogP contribution is -2.39. The predicted octanol–water partition coefficient (Wildman–Crippen LogP) is 0.728. The highest BCUT2D eigenvalue weighted by atomic mass is 19.3. The molecular weight excluding hydrogens is 234 g/mol. The minimum atomic E-state index is -2.99. The molecule has 1 unspecified atom stereocenters. The molecule has 1 amide bonds. The number of nitrogens with one attached hydrogen (secondary N) is 1. The first kappa shape index (κ1) is 13.1. The molecule has 0 aliphatic carbocycles. The summed E-state index contributed by atoms with van der Waals surface area (Å²) in [7, 11) is 0. The fourth-order valence-corrected chi connectivity index (χ4v) is 1.40. The van der Waals surface area contributed by atoms with Crippen molar-refractivity contribution in [3.63, 3.8) is 0 Å². The Kier molecular flexibility index (Phi) is 4.15. The van der Waals surface area contributed by atoms with Crippen LogP contribution in [0.2, 0.25) is 0 Å². The van der Waals surface area contributed by atoms with Crippen LogP contribution >= 0.6 is 0 Å². The summed E-state index contributed by atoms with van der Waals surface area (Å²) >= 11 is 0. The van der Waals surface area contributed by atoms with Gasteiger partial charge >= 0.3 is 5.97 Å². The van der Waals surface area contributed by atoms with Crippen LogP contribution in [0, 0.1) is 17.2 Å². The van der Waals surface area contributed by atoms with Gasteiger partial charge in [-0.2, -0.15) is 5.26 Å². The van der Waals surface area contributed by atoms with E-state index in [1.54, 1.807) is 6.07 Å². The number of carbonyl (C=O) groups excluding carboxylic acids is 2. The van der Waals surface area contributed by atoms with Gasteiger partial charge in [-0.1, -0.05) is 0 Å². The first-order valence-corrected chi connectivity index (χ1v) is 4.90. The number of rotatable bonds is 3. The lowest BCUT2D eigenvalue weighted by Gasteiger charge is -2.22. The molecule has 5 nitrogen and oxygen atoms in total. The van der Waals surface area contributed by atoms with Gasteiger partial charge in [-0.25, -0.2) is 13.6 Å². The van der Waals surface area contributed by atoms with Crippen LogP contribution < -0.4 is 5.32 Å². The normalized spacial score (nSPS) is 19.9. The molecule has 92 valence electrons. The minimum Gasteiger partial charge on any atom is -0.463 e. The maximum Gasteiger partial charge on any atom is 0.336 e. The van der Waals surface area contributed by atoms with Crippen LogP contribution in [0.4, 0.5) is 8.78 Å². The zero-order valence-electron chi connectivity index (χ0n) is 9.00. The second-order valence-corrected chi connectivity index (χ2v) is 3.29. The van der Waals surface area contributed by atoms with E-state index >= 15 is 0 Å². The Balaban J connectivity index is 3.07. The number of amides is 1. The highest BCUT2D eigenvalue weighted by Crippen LogP contribution is 2.25. The zero-order valence-corrected chi connectivity index (χ0v) is 9.00. The Bertz CT molecular complexity index is 412. The first-order chi connectivity index (χ1) is 8.01. The molecular formula is C10H10F2N2O3. The number of allylic oxidation sites excluding steroid dienone is 1. The second-order valence-electron chi connectivity index (χ2n) is 3.29. The fourth-order valence-electron chi connectivity index (χ4n) is 1.40. The van der Waals surface area contributed by atoms with Gasteiger partial charge in [0.15, 0.2) is 0 Å². The van der Waals surface area contributed by atoms with Crippen LogP contribution in [0.15, 0.2) is 11.3 Å². The van der Waals surface area contributed by atoms with Gasteiger partial charge < -0.3 is 10.1 Å². The van der Waals surface area contributed by atoms with E-state index in [1.165, 1.54) is 6.92 Å². The van der Waals surface area contributed by atoms with E-state index in [2.05, 4.69) is 4.74 Å². The van der Waals surface area contributed by atoms with Gasteiger partial charge in [-0.15, -0.1) is 0 Å². The molecule has 1 rings (SSSR count). The topological polar surface area (TPSA) is 79.2 Å². The average Bonchev–Trinajstić information content (AvgIpc) is 2.28.